The van der Waals surface area contributed by atoms with Gasteiger partial charge in [-0.05, 0) is 68.3 Å². The number of halogens is 2. The van der Waals surface area contributed by atoms with E-state index < -0.39 is 12.0 Å². The third-order valence-corrected chi connectivity index (χ3v) is 8.61. The first kappa shape index (κ1) is 33.1. The third-order valence-electron chi connectivity index (χ3n) is 6.97. The highest BCUT2D eigenvalue weighted by atomic mass is 35.5. The number of ether oxygens (including phenoxy) is 5. The Hall–Kier alpha value is -4.25. The smallest absolute Gasteiger partial charge is 0.337 e. The lowest BCUT2D eigenvalue weighted by atomic mass is 9.97. The minimum atomic E-state index is -0.816. The maximum atomic E-state index is 14.0. The van der Waals surface area contributed by atoms with E-state index in [1.807, 2.05) is 39.0 Å². The number of benzene rings is 3. The number of nitrogens with zero attached hydrogens (tertiary/aromatic N) is 2. The molecule has 4 aromatic rings. The largest absolute Gasteiger partial charge is 0.490 e. The summed E-state index contributed by atoms with van der Waals surface area (Å²) < 4.78 is 30.4. The van der Waals surface area contributed by atoms with Crippen molar-refractivity contribution in [1.82, 2.24) is 4.57 Å². The van der Waals surface area contributed by atoms with Gasteiger partial charge in [0.25, 0.3) is 5.56 Å². The van der Waals surface area contributed by atoms with E-state index in [0.717, 1.165) is 5.56 Å². The molecule has 1 aliphatic rings. The van der Waals surface area contributed by atoms with Crippen LogP contribution in [0, 0.1) is 0 Å². The van der Waals surface area contributed by atoms with E-state index in [9.17, 15) is 9.59 Å². The summed E-state index contributed by atoms with van der Waals surface area (Å²) in [6.45, 7) is 7.02. The number of fused-ring (bicyclic) bond motifs is 1. The van der Waals surface area contributed by atoms with E-state index >= 15 is 0 Å². The fourth-order valence-corrected chi connectivity index (χ4v) is 6.41. The van der Waals surface area contributed by atoms with Crippen molar-refractivity contribution in [3.05, 3.63) is 113 Å². The predicted molar refractivity (Wildman–Crippen MR) is 178 cm³/mol. The van der Waals surface area contributed by atoms with Crippen molar-refractivity contribution in [3.63, 3.8) is 0 Å². The van der Waals surface area contributed by atoms with E-state index in [1.54, 1.807) is 42.5 Å². The maximum Gasteiger partial charge on any atom is 0.337 e. The zero-order valence-corrected chi connectivity index (χ0v) is 28.0. The summed E-state index contributed by atoms with van der Waals surface area (Å²) in [7, 11) is 1.29. The van der Waals surface area contributed by atoms with Crippen LogP contribution in [0.2, 0.25) is 10.0 Å². The SMILES string of the molecule is CCOc1ccc([C@@H]2C(C(=O)OC)=CN=c3s/c(=C\c4cc(Cl)c(OCc5ccccc5Cl)c(OCC)c4)c(=O)n32)cc1OCC. The minimum Gasteiger partial charge on any atom is -0.490 e. The molecule has 0 spiro atoms. The van der Waals surface area contributed by atoms with Crippen molar-refractivity contribution in [2.45, 2.75) is 33.4 Å². The first-order valence-electron chi connectivity index (χ1n) is 14.6. The molecular formula is C34H32Cl2N2O7S. The number of esters is 1. The van der Waals surface area contributed by atoms with Crippen LogP contribution in [0.3, 0.4) is 0 Å². The molecule has 0 fully saturated rings. The molecule has 1 atom stereocenters. The number of hydrogen-bond donors (Lipinski definition) is 0. The summed E-state index contributed by atoms with van der Waals surface area (Å²) in [4.78, 5) is 31.8. The maximum absolute atomic E-state index is 14.0. The van der Waals surface area contributed by atoms with Crippen molar-refractivity contribution in [2.24, 2.45) is 4.99 Å². The van der Waals surface area contributed by atoms with Crippen molar-refractivity contribution in [1.29, 1.82) is 0 Å². The monoisotopic (exact) mass is 682 g/mol. The summed E-state index contributed by atoms with van der Waals surface area (Å²) in [6.07, 6.45) is 3.15. The average molecular weight is 684 g/mol. The highest BCUT2D eigenvalue weighted by Gasteiger charge is 2.31. The Labute approximate surface area is 279 Å². The second kappa shape index (κ2) is 14.9. The number of hydrogen-bond acceptors (Lipinski definition) is 9. The van der Waals surface area contributed by atoms with Gasteiger partial charge in [0.1, 0.15) is 6.61 Å². The van der Waals surface area contributed by atoms with Gasteiger partial charge in [-0.1, -0.05) is 58.8 Å². The van der Waals surface area contributed by atoms with E-state index in [2.05, 4.69) is 4.99 Å². The zero-order chi connectivity index (χ0) is 32.8. The predicted octanol–water partition coefficient (Wildman–Crippen LogP) is 6.10. The van der Waals surface area contributed by atoms with Gasteiger partial charge in [0.05, 0.1) is 48.1 Å². The topological polar surface area (TPSA) is 97.6 Å². The van der Waals surface area contributed by atoms with Crippen LogP contribution < -0.4 is 33.8 Å². The van der Waals surface area contributed by atoms with E-state index in [4.69, 9.17) is 46.9 Å². The lowest BCUT2D eigenvalue weighted by molar-refractivity contribution is -0.136. The molecule has 0 N–H and O–H groups in total. The Morgan fingerprint density at radius 3 is 2.35 bits per heavy atom. The summed E-state index contributed by atoms with van der Waals surface area (Å²) in [5.74, 6) is 1.25. The van der Waals surface area contributed by atoms with Crippen molar-refractivity contribution in [2.75, 3.05) is 26.9 Å². The molecule has 5 rings (SSSR count). The van der Waals surface area contributed by atoms with Crippen molar-refractivity contribution >= 4 is 46.6 Å². The molecule has 0 unspecified atom stereocenters. The molecular weight excluding hydrogens is 651 g/mol. The van der Waals surface area contributed by atoms with Crippen molar-refractivity contribution in [3.8, 4) is 23.0 Å². The molecule has 0 bridgehead atoms. The molecule has 12 heteroatoms. The van der Waals surface area contributed by atoms with Crippen LogP contribution in [0.1, 0.15) is 43.5 Å². The van der Waals surface area contributed by atoms with Crippen LogP contribution in [0.25, 0.3) is 6.08 Å². The van der Waals surface area contributed by atoms with Crippen LogP contribution in [0.4, 0.5) is 0 Å². The van der Waals surface area contributed by atoms with Gasteiger partial charge in [-0.2, -0.15) is 0 Å². The number of carbonyl (C=O) groups is 1. The van der Waals surface area contributed by atoms with Gasteiger partial charge in [-0.25, -0.2) is 9.79 Å². The standard InChI is InChI=1S/C34H32Cl2N2O7S/c1-5-42-26-13-12-21(17-27(26)43-6-2)30-23(33(40)41-4)18-37-34-38(30)32(39)29(46-34)16-20-14-25(36)31(28(15-20)44-7-3)45-19-22-10-8-9-11-24(22)35/h8-18,30H,5-7,19H2,1-4H3/b29-16-/t30-/m1/s1. The quantitative estimate of drug-likeness (QED) is 0.167. The van der Waals surface area contributed by atoms with Crippen molar-refractivity contribution < 1.29 is 28.5 Å². The number of carbonyl (C=O) groups excluding carboxylic acids is 1. The van der Waals surface area contributed by atoms with Crippen LogP contribution in [-0.4, -0.2) is 37.5 Å². The summed E-state index contributed by atoms with van der Waals surface area (Å²) in [5.41, 5.74) is 1.91. The first-order chi connectivity index (χ1) is 22.3. The average Bonchev–Trinajstić information content (AvgIpc) is 3.36. The second-order valence-corrected chi connectivity index (χ2v) is 11.7. The molecule has 0 aliphatic carbocycles. The van der Waals surface area contributed by atoms with Crippen LogP contribution in [0.15, 0.2) is 76.2 Å². The van der Waals surface area contributed by atoms with Gasteiger partial charge in [0, 0.05) is 16.8 Å². The Morgan fingerprint density at radius 2 is 1.63 bits per heavy atom. The summed E-state index contributed by atoms with van der Waals surface area (Å²) in [6, 6.07) is 15.4. The van der Waals surface area contributed by atoms with Crippen LogP contribution in [-0.2, 0) is 16.1 Å². The van der Waals surface area contributed by atoms with E-state index in [1.165, 1.54) is 29.2 Å². The lowest BCUT2D eigenvalue weighted by Crippen LogP contribution is -2.39. The summed E-state index contributed by atoms with van der Waals surface area (Å²) >= 11 is 14.2. The van der Waals surface area contributed by atoms with Crippen LogP contribution >= 0.6 is 34.5 Å². The molecule has 3 aromatic carbocycles. The fourth-order valence-electron chi connectivity index (χ4n) is 4.98. The lowest BCUT2D eigenvalue weighted by Gasteiger charge is -2.23. The molecule has 1 aromatic heterocycles. The van der Waals surface area contributed by atoms with Gasteiger partial charge in [-0.15, -0.1) is 0 Å². The van der Waals surface area contributed by atoms with Gasteiger partial charge < -0.3 is 23.7 Å². The Bertz CT molecular complexity index is 1970. The Kier molecular flexibility index (Phi) is 10.7. The number of thiazole rings is 1. The molecule has 2 heterocycles. The van der Waals surface area contributed by atoms with Gasteiger partial charge in [0.15, 0.2) is 27.8 Å². The Balaban J connectivity index is 1.58. The number of rotatable bonds is 12. The molecule has 240 valence electrons. The first-order valence-corrected chi connectivity index (χ1v) is 16.2. The molecule has 0 saturated carbocycles. The molecule has 46 heavy (non-hydrogen) atoms. The minimum absolute atomic E-state index is 0.191. The van der Waals surface area contributed by atoms with Gasteiger partial charge in [0.2, 0.25) is 0 Å². The second-order valence-electron chi connectivity index (χ2n) is 9.89. The van der Waals surface area contributed by atoms with Crippen LogP contribution in [0.5, 0.6) is 23.0 Å². The number of aromatic nitrogens is 1. The third kappa shape index (κ3) is 6.94. The number of methoxy groups -OCH3 is 1. The van der Waals surface area contributed by atoms with E-state index in [0.29, 0.717) is 73.3 Å². The summed E-state index contributed by atoms with van der Waals surface area (Å²) in [5, 5.41) is 0.886. The van der Waals surface area contributed by atoms with E-state index in [-0.39, 0.29) is 17.7 Å². The fraction of sp³-hybridized carbons (Fsp3) is 0.265. The normalized spacial score (nSPS) is 14.2. The highest BCUT2D eigenvalue weighted by Crippen LogP contribution is 2.38. The molecule has 1 aliphatic heterocycles. The van der Waals surface area contributed by atoms with Gasteiger partial charge in [-0.3, -0.25) is 9.36 Å². The Morgan fingerprint density at radius 1 is 0.913 bits per heavy atom. The van der Waals surface area contributed by atoms with Gasteiger partial charge >= 0.3 is 5.97 Å². The molecule has 0 radical (unpaired) electrons. The molecule has 9 nitrogen and oxygen atoms in total. The zero-order valence-electron chi connectivity index (χ0n) is 25.7. The highest BCUT2D eigenvalue weighted by molar-refractivity contribution is 7.07. The molecule has 0 amide bonds. The molecule has 0 saturated heterocycles.